The first-order valence-electron chi connectivity index (χ1n) is 6.87. The zero-order valence-corrected chi connectivity index (χ0v) is 11.6. The Kier molecular flexibility index (Phi) is 2.98. The van der Waals surface area contributed by atoms with Crippen LogP contribution >= 0.6 is 0 Å². The maximum absolute atomic E-state index is 14.4. The second kappa shape index (κ2) is 4.40. The summed E-state index contributed by atoms with van der Waals surface area (Å²) in [4.78, 5) is 12.2. The summed E-state index contributed by atoms with van der Waals surface area (Å²) in [5.41, 5.74) is -0.664. The van der Waals surface area contributed by atoms with E-state index in [9.17, 15) is 18.7 Å². The van der Waals surface area contributed by atoms with Gasteiger partial charge in [-0.3, -0.25) is 4.68 Å². The molecule has 1 atom stereocenters. The molecule has 1 aromatic rings. The van der Waals surface area contributed by atoms with Gasteiger partial charge in [-0.1, -0.05) is 0 Å². The Morgan fingerprint density at radius 3 is 2.76 bits per heavy atom. The second-order valence-corrected chi connectivity index (χ2v) is 6.09. The van der Waals surface area contributed by atoms with E-state index in [2.05, 4.69) is 5.10 Å². The fraction of sp³-hybridized carbons (Fsp3) is 0.692. The lowest BCUT2D eigenvalue weighted by molar-refractivity contribution is -0.0361. The number of rotatable bonds is 0. The van der Waals surface area contributed by atoms with Crippen molar-refractivity contribution in [1.82, 2.24) is 14.7 Å². The number of halogens is 2. The average Bonchev–Trinajstić information content (AvgIpc) is 2.69. The minimum absolute atomic E-state index is 0.00199. The van der Waals surface area contributed by atoms with E-state index >= 15 is 0 Å². The van der Waals surface area contributed by atoms with E-state index in [1.165, 1.54) is 11.6 Å². The minimum Gasteiger partial charge on any atom is -0.465 e. The van der Waals surface area contributed by atoms with Crippen molar-refractivity contribution in [1.29, 1.82) is 0 Å². The van der Waals surface area contributed by atoms with E-state index in [-0.39, 0.29) is 31.7 Å². The van der Waals surface area contributed by atoms with Gasteiger partial charge < -0.3 is 15.1 Å². The highest BCUT2D eigenvalue weighted by Crippen LogP contribution is 2.42. The molecule has 116 valence electrons. The van der Waals surface area contributed by atoms with E-state index in [0.29, 0.717) is 17.7 Å². The summed E-state index contributed by atoms with van der Waals surface area (Å²) < 4.78 is 30.0. The molecule has 0 aromatic carbocycles. The summed E-state index contributed by atoms with van der Waals surface area (Å²) in [5.74, 6) is -3.11. The van der Waals surface area contributed by atoms with Gasteiger partial charge >= 0.3 is 6.09 Å². The van der Waals surface area contributed by atoms with Gasteiger partial charge in [0.2, 0.25) is 0 Å². The number of hydrogen-bond acceptors (Lipinski definition) is 3. The number of carboxylic acid groups (broad SMARTS) is 1. The van der Waals surface area contributed by atoms with Crippen LogP contribution in [0.25, 0.3) is 0 Å². The van der Waals surface area contributed by atoms with Gasteiger partial charge in [0.15, 0.2) is 0 Å². The van der Waals surface area contributed by atoms with Gasteiger partial charge in [-0.25, -0.2) is 4.79 Å². The van der Waals surface area contributed by atoms with Crippen molar-refractivity contribution in [2.45, 2.75) is 50.8 Å². The maximum atomic E-state index is 14.4. The van der Waals surface area contributed by atoms with Crippen molar-refractivity contribution in [3.05, 3.63) is 17.0 Å². The predicted molar refractivity (Wildman–Crippen MR) is 68.1 cm³/mol. The van der Waals surface area contributed by atoms with Crippen molar-refractivity contribution in [3.63, 3.8) is 0 Å². The van der Waals surface area contributed by atoms with Crippen LogP contribution in [0.3, 0.4) is 0 Å². The molecule has 0 saturated heterocycles. The zero-order chi connectivity index (χ0) is 15.4. The summed E-state index contributed by atoms with van der Waals surface area (Å²) in [6, 6.07) is 0. The van der Waals surface area contributed by atoms with E-state index in [1.54, 1.807) is 0 Å². The van der Waals surface area contributed by atoms with Crippen LogP contribution < -0.4 is 0 Å². The lowest BCUT2D eigenvalue weighted by Crippen LogP contribution is -2.35. The standard InChI is InChI=1S/C13H17F2N3O3/c1-12(21)3-4-13(14,15)10-8-6-17(11(19)20)5-2-9(8)16-18(10)7-12/h21H,2-7H2,1H3,(H,19,20). The molecule has 0 spiro atoms. The minimum atomic E-state index is -3.11. The SMILES string of the molecule is CC1(O)CCC(F)(F)c2c3c(nn2C1)CCN(C(=O)O)C3. The van der Waals surface area contributed by atoms with Crippen molar-refractivity contribution >= 4 is 6.09 Å². The second-order valence-electron chi connectivity index (χ2n) is 6.09. The van der Waals surface area contributed by atoms with E-state index in [4.69, 9.17) is 5.11 Å². The maximum Gasteiger partial charge on any atom is 0.407 e. The fourth-order valence-corrected chi connectivity index (χ4v) is 3.06. The normalized spacial score (nSPS) is 27.7. The van der Waals surface area contributed by atoms with Crippen LogP contribution in [0.5, 0.6) is 0 Å². The molecule has 1 unspecified atom stereocenters. The highest BCUT2D eigenvalue weighted by Gasteiger charge is 2.45. The molecule has 1 amide bonds. The quantitative estimate of drug-likeness (QED) is 0.762. The Hall–Kier alpha value is -1.70. The van der Waals surface area contributed by atoms with Gasteiger partial charge in [0.05, 0.1) is 24.4 Å². The van der Waals surface area contributed by atoms with Gasteiger partial charge in [-0.05, 0) is 13.3 Å². The Morgan fingerprint density at radius 2 is 2.10 bits per heavy atom. The smallest absolute Gasteiger partial charge is 0.407 e. The molecule has 0 saturated carbocycles. The molecular formula is C13H17F2N3O3. The molecule has 2 aliphatic heterocycles. The molecular weight excluding hydrogens is 284 g/mol. The molecule has 3 heterocycles. The first-order chi connectivity index (χ1) is 9.70. The largest absolute Gasteiger partial charge is 0.465 e. The first kappa shape index (κ1) is 14.2. The van der Waals surface area contributed by atoms with E-state index < -0.39 is 24.0 Å². The van der Waals surface area contributed by atoms with Crippen LogP contribution in [0.2, 0.25) is 0 Å². The number of aliphatic hydroxyl groups is 1. The third kappa shape index (κ3) is 2.37. The monoisotopic (exact) mass is 301 g/mol. The number of nitrogens with zero attached hydrogens (tertiary/aromatic N) is 3. The number of aromatic nitrogens is 2. The van der Waals surface area contributed by atoms with Gasteiger partial charge in [0.1, 0.15) is 5.69 Å². The third-order valence-corrected chi connectivity index (χ3v) is 4.19. The zero-order valence-electron chi connectivity index (χ0n) is 11.6. The van der Waals surface area contributed by atoms with E-state index in [1.807, 2.05) is 0 Å². The molecule has 8 heteroatoms. The molecule has 2 N–H and O–H groups in total. The topological polar surface area (TPSA) is 78.6 Å². The number of fused-ring (bicyclic) bond motifs is 3. The Labute approximate surface area is 120 Å². The highest BCUT2D eigenvalue weighted by molar-refractivity contribution is 5.65. The lowest BCUT2D eigenvalue weighted by atomic mass is 9.96. The van der Waals surface area contributed by atoms with Crippen molar-refractivity contribution in [2.75, 3.05) is 6.54 Å². The van der Waals surface area contributed by atoms with Gasteiger partial charge in [0, 0.05) is 24.9 Å². The molecule has 6 nitrogen and oxygen atoms in total. The fourth-order valence-electron chi connectivity index (χ4n) is 3.06. The summed E-state index contributed by atoms with van der Waals surface area (Å²) in [5, 5.41) is 23.4. The van der Waals surface area contributed by atoms with Gasteiger partial charge in [0.25, 0.3) is 5.92 Å². The average molecular weight is 301 g/mol. The van der Waals surface area contributed by atoms with Crippen LogP contribution in [0, 0.1) is 0 Å². The van der Waals surface area contributed by atoms with Crippen LogP contribution in [0.4, 0.5) is 13.6 Å². The van der Waals surface area contributed by atoms with Crippen molar-refractivity contribution < 1.29 is 23.8 Å². The predicted octanol–water partition coefficient (Wildman–Crippen LogP) is 1.56. The Balaban J connectivity index is 2.08. The Morgan fingerprint density at radius 1 is 1.38 bits per heavy atom. The van der Waals surface area contributed by atoms with Crippen molar-refractivity contribution in [3.8, 4) is 0 Å². The summed E-state index contributed by atoms with van der Waals surface area (Å²) >= 11 is 0. The first-order valence-corrected chi connectivity index (χ1v) is 6.87. The van der Waals surface area contributed by atoms with Crippen molar-refractivity contribution in [2.24, 2.45) is 0 Å². The summed E-state index contributed by atoms with van der Waals surface area (Å²) in [7, 11) is 0. The molecule has 21 heavy (non-hydrogen) atoms. The number of carbonyl (C=O) groups is 1. The van der Waals surface area contributed by atoms with E-state index in [0.717, 1.165) is 4.90 Å². The molecule has 1 aromatic heterocycles. The van der Waals surface area contributed by atoms with Crippen LogP contribution in [0.15, 0.2) is 0 Å². The number of amides is 1. The molecule has 0 aliphatic carbocycles. The van der Waals surface area contributed by atoms with Crippen LogP contribution in [-0.2, 0) is 25.4 Å². The highest BCUT2D eigenvalue weighted by atomic mass is 19.3. The summed E-state index contributed by atoms with van der Waals surface area (Å²) in [6.45, 7) is 1.69. The van der Waals surface area contributed by atoms with Crippen LogP contribution in [0.1, 0.15) is 36.7 Å². The summed E-state index contributed by atoms with van der Waals surface area (Å²) in [6.07, 6.45) is -1.30. The number of hydrogen-bond donors (Lipinski definition) is 2. The van der Waals surface area contributed by atoms with Crippen LogP contribution in [-0.4, -0.2) is 43.1 Å². The molecule has 0 fully saturated rings. The number of alkyl halides is 2. The Bertz CT molecular complexity index is 598. The molecule has 3 rings (SSSR count). The molecule has 0 radical (unpaired) electrons. The third-order valence-electron chi connectivity index (χ3n) is 4.19. The van der Waals surface area contributed by atoms with Gasteiger partial charge in [-0.15, -0.1) is 0 Å². The molecule has 2 aliphatic rings. The van der Waals surface area contributed by atoms with Gasteiger partial charge in [-0.2, -0.15) is 13.9 Å². The lowest BCUT2D eigenvalue weighted by Gasteiger charge is -2.25. The molecule has 0 bridgehead atoms.